The Hall–Kier alpha value is -1.91. The summed E-state index contributed by atoms with van der Waals surface area (Å²) in [4.78, 5) is 4.40. The van der Waals surface area contributed by atoms with Crippen molar-refractivity contribution in [2.75, 3.05) is 0 Å². The molecule has 0 unspecified atom stereocenters. The van der Waals surface area contributed by atoms with Crippen LogP contribution in [0, 0.1) is 6.92 Å². The van der Waals surface area contributed by atoms with Gasteiger partial charge in [-0.25, -0.2) is 4.98 Å². The number of aromatic nitrogens is 1. The smallest absolute Gasteiger partial charge is 0.222 e. The van der Waals surface area contributed by atoms with Gasteiger partial charge in [-0.15, -0.1) is 0 Å². The van der Waals surface area contributed by atoms with E-state index in [0.717, 1.165) is 17.7 Å². The standard InChI is InChI=1S/C17H20N2O2/c1-12-8-13(9-18-15-6-7-15)10-19-17(12)21-16-5-3-2-4-14(16)11-20/h2-5,8,10,15,18,20H,6-7,9,11H2,1H3. The van der Waals surface area contributed by atoms with Crippen molar-refractivity contribution in [2.24, 2.45) is 0 Å². The first-order chi connectivity index (χ1) is 10.3. The number of aryl methyl sites for hydroxylation is 1. The quantitative estimate of drug-likeness (QED) is 0.856. The van der Waals surface area contributed by atoms with E-state index in [0.29, 0.717) is 17.7 Å². The lowest BCUT2D eigenvalue weighted by Gasteiger charge is -2.12. The zero-order valence-electron chi connectivity index (χ0n) is 12.2. The van der Waals surface area contributed by atoms with Gasteiger partial charge in [0.05, 0.1) is 6.61 Å². The second-order valence-corrected chi connectivity index (χ2v) is 5.49. The fourth-order valence-corrected chi connectivity index (χ4v) is 2.21. The van der Waals surface area contributed by atoms with Crippen LogP contribution >= 0.6 is 0 Å². The molecule has 1 fully saturated rings. The molecule has 0 atom stereocenters. The van der Waals surface area contributed by atoms with Gasteiger partial charge in [-0.05, 0) is 37.5 Å². The van der Waals surface area contributed by atoms with Crippen molar-refractivity contribution in [3.63, 3.8) is 0 Å². The highest BCUT2D eigenvalue weighted by Crippen LogP contribution is 2.27. The second-order valence-electron chi connectivity index (χ2n) is 5.49. The van der Waals surface area contributed by atoms with Crippen molar-refractivity contribution in [1.29, 1.82) is 0 Å². The summed E-state index contributed by atoms with van der Waals surface area (Å²) in [7, 11) is 0. The third-order valence-electron chi connectivity index (χ3n) is 3.61. The van der Waals surface area contributed by atoms with Gasteiger partial charge in [0.2, 0.25) is 5.88 Å². The van der Waals surface area contributed by atoms with Crippen LogP contribution in [0.5, 0.6) is 11.6 Å². The molecule has 1 aliphatic rings. The summed E-state index contributed by atoms with van der Waals surface area (Å²) in [6, 6.07) is 10.2. The fourth-order valence-electron chi connectivity index (χ4n) is 2.21. The first kappa shape index (κ1) is 14.0. The van der Waals surface area contributed by atoms with Crippen molar-refractivity contribution in [2.45, 2.75) is 39.0 Å². The second kappa shape index (κ2) is 6.24. The molecule has 3 rings (SSSR count). The van der Waals surface area contributed by atoms with Crippen molar-refractivity contribution in [3.05, 3.63) is 53.2 Å². The zero-order valence-corrected chi connectivity index (χ0v) is 12.2. The van der Waals surface area contributed by atoms with E-state index in [-0.39, 0.29) is 6.61 Å². The number of pyridine rings is 1. The molecular formula is C17H20N2O2. The summed E-state index contributed by atoms with van der Waals surface area (Å²) in [6.45, 7) is 2.80. The molecule has 2 aromatic rings. The van der Waals surface area contributed by atoms with Gasteiger partial charge in [-0.3, -0.25) is 0 Å². The normalized spacial score (nSPS) is 14.2. The number of nitrogens with one attached hydrogen (secondary N) is 1. The van der Waals surface area contributed by atoms with Gasteiger partial charge in [-0.2, -0.15) is 0 Å². The Labute approximate surface area is 124 Å². The molecule has 0 saturated heterocycles. The zero-order chi connectivity index (χ0) is 14.7. The molecule has 0 aliphatic heterocycles. The van der Waals surface area contributed by atoms with E-state index >= 15 is 0 Å². The van der Waals surface area contributed by atoms with Crippen LogP contribution < -0.4 is 10.1 Å². The lowest BCUT2D eigenvalue weighted by Crippen LogP contribution is -2.15. The summed E-state index contributed by atoms with van der Waals surface area (Å²) in [5.74, 6) is 1.24. The molecule has 1 aliphatic carbocycles. The molecule has 0 amide bonds. The van der Waals surface area contributed by atoms with Crippen LogP contribution in [0.15, 0.2) is 36.5 Å². The number of ether oxygens (including phenoxy) is 1. The van der Waals surface area contributed by atoms with Crippen molar-refractivity contribution in [1.82, 2.24) is 10.3 Å². The highest BCUT2D eigenvalue weighted by molar-refractivity contribution is 5.38. The van der Waals surface area contributed by atoms with Gasteiger partial charge in [0.1, 0.15) is 5.75 Å². The predicted molar refractivity (Wildman–Crippen MR) is 81.3 cm³/mol. The number of hydrogen-bond acceptors (Lipinski definition) is 4. The average Bonchev–Trinajstić information content (AvgIpc) is 3.32. The lowest BCUT2D eigenvalue weighted by atomic mass is 10.2. The number of para-hydroxylation sites is 1. The van der Waals surface area contributed by atoms with Crippen molar-refractivity contribution in [3.8, 4) is 11.6 Å². The van der Waals surface area contributed by atoms with E-state index in [1.54, 1.807) is 0 Å². The van der Waals surface area contributed by atoms with Crippen molar-refractivity contribution >= 4 is 0 Å². The Morgan fingerprint density at radius 3 is 2.86 bits per heavy atom. The Balaban J connectivity index is 1.72. The molecule has 1 saturated carbocycles. The molecule has 21 heavy (non-hydrogen) atoms. The van der Waals surface area contributed by atoms with Gasteiger partial charge in [0, 0.05) is 29.9 Å². The molecule has 0 radical (unpaired) electrons. The van der Waals surface area contributed by atoms with Gasteiger partial charge >= 0.3 is 0 Å². The van der Waals surface area contributed by atoms with E-state index in [9.17, 15) is 5.11 Å². The molecule has 4 heteroatoms. The lowest BCUT2D eigenvalue weighted by molar-refractivity contribution is 0.276. The Kier molecular flexibility index (Phi) is 4.18. The van der Waals surface area contributed by atoms with E-state index in [1.165, 1.54) is 18.4 Å². The van der Waals surface area contributed by atoms with Crippen molar-refractivity contribution < 1.29 is 9.84 Å². The average molecular weight is 284 g/mol. The predicted octanol–water partition coefficient (Wildman–Crippen LogP) is 2.93. The van der Waals surface area contributed by atoms with Crippen LogP contribution in [0.1, 0.15) is 29.5 Å². The summed E-state index contributed by atoms with van der Waals surface area (Å²) in [6.07, 6.45) is 4.41. The van der Waals surface area contributed by atoms with Crippen LogP contribution in [0.2, 0.25) is 0 Å². The molecule has 110 valence electrons. The van der Waals surface area contributed by atoms with Gasteiger partial charge in [-0.1, -0.05) is 18.2 Å². The molecule has 0 bridgehead atoms. The molecule has 4 nitrogen and oxygen atoms in total. The highest BCUT2D eigenvalue weighted by Gasteiger charge is 2.20. The number of benzene rings is 1. The number of rotatable bonds is 6. The number of aliphatic hydroxyl groups excluding tert-OH is 1. The maximum atomic E-state index is 9.33. The Morgan fingerprint density at radius 1 is 1.33 bits per heavy atom. The monoisotopic (exact) mass is 284 g/mol. The van der Waals surface area contributed by atoms with Crippen LogP contribution in [0.3, 0.4) is 0 Å². The van der Waals surface area contributed by atoms with Gasteiger partial charge < -0.3 is 15.2 Å². The minimum Gasteiger partial charge on any atom is -0.438 e. The van der Waals surface area contributed by atoms with Crippen LogP contribution in [-0.4, -0.2) is 16.1 Å². The summed E-state index contributed by atoms with van der Waals surface area (Å²) in [5.41, 5.74) is 2.93. The van der Waals surface area contributed by atoms with E-state index < -0.39 is 0 Å². The third kappa shape index (κ3) is 3.60. The summed E-state index contributed by atoms with van der Waals surface area (Å²) in [5, 5.41) is 12.8. The van der Waals surface area contributed by atoms with Crippen LogP contribution in [0.4, 0.5) is 0 Å². The summed E-state index contributed by atoms with van der Waals surface area (Å²) >= 11 is 0. The Bertz CT molecular complexity index is 624. The van der Waals surface area contributed by atoms with E-state index in [2.05, 4.69) is 16.4 Å². The maximum Gasteiger partial charge on any atom is 0.222 e. The molecule has 1 aromatic heterocycles. The third-order valence-corrected chi connectivity index (χ3v) is 3.61. The number of nitrogens with zero attached hydrogens (tertiary/aromatic N) is 1. The first-order valence-corrected chi connectivity index (χ1v) is 7.32. The number of aliphatic hydroxyl groups is 1. The molecule has 0 spiro atoms. The highest BCUT2D eigenvalue weighted by atomic mass is 16.5. The largest absolute Gasteiger partial charge is 0.438 e. The minimum absolute atomic E-state index is 0.0430. The van der Waals surface area contributed by atoms with Crippen LogP contribution in [-0.2, 0) is 13.2 Å². The fraction of sp³-hybridized carbons (Fsp3) is 0.353. The van der Waals surface area contributed by atoms with Gasteiger partial charge in [0.25, 0.3) is 0 Å². The molecule has 1 heterocycles. The van der Waals surface area contributed by atoms with E-state index in [4.69, 9.17) is 4.74 Å². The van der Waals surface area contributed by atoms with Crippen LogP contribution in [0.25, 0.3) is 0 Å². The Morgan fingerprint density at radius 2 is 2.14 bits per heavy atom. The topological polar surface area (TPSA) is 54.4 Å². The maximum absolute atomic E-state index is 9.33. The first-order valence-electron chi connectivity index (χ1n) is 7.32. The molecular weight excluding hydrogens is 264 g/mol. The SMILES string of the molecule is Cc1cc(CNC2CC2)cnc1Oc1ccccc1CO. The summed E-state index contributed by atoms with van der Waals surface area (Å²) < 4.78 is 5.83. The minimum atomic E-state index is -0.0430. The van der Waals surface area contributed by atoms with E-state index in [1.807, 2.05) is 37.4 Å². The molecule has 1 aromatic carbocycles. The molecule has 2 N–H and O–H groups in total. The van der Waals surface area contributed by atoms with Gasteiger partial charge in [0.15, 0.2) is 0 Å². The number of hydrogen-bond donors (Lipinski definition) is 2.